The lowest BCUT2D eigenvalue weighted by Crippen LogP contribution is -2.28. The molecule has 0 spiro atoms. The number of pyridine rings is 1. The van der Waals surface area contributed by atoms with Crippen molar-refractivity contribution in [1.29, 1.82) is 0 Å². The highest BCUT2D eigenvalue weighted by Crippen LogP contribution is 2.42. The minimum atomic E-state index is -4.72. The Kier molecular flexibility index (Phi) is 6.74. The fourth-order valence-electron chi connectivity index (χ4n) is 5.85. The first-order valence-electron chi connectivity index (χ1n) is 12.7. The van der Waals surface area contributed by atoms with Crippen molar-refractivity contribution in [3.05, 3.63) is 69.5 Å². The summed E-state index contributed by atoms with van der Waals surface area (Å²) in [7, 11) is 4.00. The number of aromatic nitrogens is 1. The van der Waals surface area contributed by atoms with Gasteiger partial charge in [-0.15, -0.1) is 0 Å². The summed E-state index contributed by atoms with van der Waals surface area (Å²) in [5, 5.41) is 2.28. The number of hydrogen-bond donors (Lipinski definition) is 2. The van der Waals surface area contributed by atoms with E-state index >= 15 is 0 Å². The van der Waals surface area contributed by atoms with Crippen LogP contribution < -0.4 is 15.6 Å². The van der Waals surface area contributed by atoms with E-state index in [0.717, 1.165) is 36.7 Å². The molecule has 1 amide bonds. The molecule has 0 aliphatic carbocycles. The monoisotopic (exact) mass is 512 g/mol. The molecule has 37 heavy (non-hydrogen) atoms. The summed E-state index contributed by atoms with van der Waals surface area (Å²) in [5.74, 6) is -0.733. The van der Waals surface area contributed by atoms with Crippen molar-refractivity contribution >= 4 is 28.2 Å². The zero-order chi connectivity index (χ0) is 26.3. The number of amides is 1. The first-order valence-corrected chi connectivity index (χ1v) is 12.7. The van der Waals surface area contributed by atoms with E-state index in [1.165, 1.54) is 44.0 Å². The van der Waals surface area contributed by atoms with Crippen molar-refractivity contribution in [3.8, 4) is 0 Å². The largest absolute Gasteiger partial charge is 0.417 e. The normalized spacial score (nSPS) is 19.2. The topological polar surface area (TPSA) is 68.4 Å². The molecule has 5 rings (SSSR count). The van der Waals surface area contributed by atoms with E-state index in [1.54, 1.807) is 0 Å². The molecule has 3 heterocycles. The zero-order valence-electron chi connectivity index (χ0n) is 21.0. The summed E-state index contributed by atoms with van der Waals surface area (Å²) in [6.07, 6.45) is 2.85. The van der Waals surface area contributed by atoms with Gasteiger partial charge in [0.1, 0.15) is 5.56 Å². The Hall–Kier alpha value is -3.33. The van der Waals surface area contributed by atoms with Crippen LogP contribution in [0.15, 0.2) is 47.4 Å². The molecule has 2 aliphatic heterocycles. The molecule has 0 saturated carbocycles. The number of alkyl halides is 3. The van der Waals surface area contributed by atoms with Gasteiger partial charge in [0.15, 0.2) is 0 Å². The number of benzene rings is 2. The van der Waals surface area contributed by atoms with Crippen LogP contribution in [-0.4, -0.2) is 48.5 Å². The van der Waals surface area contributed by atoms with Crippen molar-refractivity contribution in [3.63, 3.8) is 0 Å². The summed E-state index contributed by atoms with van der Waals surface area (Å²) in [6, 6.07) is 10.6. The summed E-state index contributed by atoms with van der Waals surface area (Å²) >= 11 is 0. The molecule has 2 aromatic carbocycles. The summed E-state index contributed by atoms with van der Waals surface area (Å²) < 4.78 is 40.7. The minimum Gasteiger partial charge on any atom is -0.366 e. The van der Waals surface area contributed by atoms with E-state index in [4.69, 9.17) is 0 Å². The number of fused-ring (bicyclic) bond motifs is 3. The smallest absolute Gasteiger partial charge is 0.366 e. The lowest BCUT2D eigenvalue weighted by Gasteiger charge is -2.26. The Morgan fingerprint density at radius 3 is 2.46 bits per heavy atom. The summed E-state index contributed by atoms with van der Waals surface area (Å²) in [5.41, 5.74) is 0.333. The number of hydrogen-bond acceptors (Lipinski definition) is 4. The molecule has 0 radical (unpaired) electrons. The van der Waals surface area contributed by atoms with Gasteiger partial charge in [-0.05, 0) is 95.1 Å². The second kappa shape index (κ2) is 9.85. The molecule has 6 nitrogen and oxygen atoms in total. The average molecular weight is 513 g/mol. The van der Waals surface area contributed by atoms with E-state index in [9.17, 15) is 22.8 Å². The van der Waals surface area contributed by atoms with Crippen LogP contribution in [0.3, 0.4) is 0 Å². The molecule has 3 aromatic rings. The number of rotatable bonds is 7. The number of aromatic amines is 1. The van der Waals surface area contributed by atoms with E-state index in [0.29, 0.717) is 17.8 Å². The maximum absolute atomic E-state index is 13.6. The first-order chi connectivity index (χ1) is 17.6. The van der Waals surface area contributed by atoms with Crippen LogP contribution in [0, 0.1) is 0 Å². The molecule has 2 saturated heterocycles. The third kappa shape index (κ3) is 4.97. The van der Waals surface area contributed by atoms with Gasteiger partial charge in [0.2, 0.25) is 5.43 Å². The Labute approximate surface area is 213 Å². The number of halogens is 3. The number of carbonyl (C=O) groups is 1. The Morgan fingerprint density at radius 2 is 1.81 bits per heavy atom. The Bertz CT molecular complexity index is 1360. The maximum Gasteiger partial charge on any atom is 0.417 e. The second-order valence-electron chi connectivity index (χ2n) is 10.3. The second-order valence-corrected chi connectivity index (χ2v) is 10.3. The number of anilines is 2. The van der Waals surface area contributed by atoms with Gasteiger partial charge in [-0.2, -0.15) is 13.2 Å². The lowest BCUT2D eigenvalue weighted by molar-refractivity contribution is -0.136. The molecular weight excluding hydrogens is 481 g/mol. The third-order valence-electron chi connectivity index (χ3n) is 7.60. The van der Waals surface area contributed by atoms with Gasteiger partial charge in [0.05, 0.1) is 10.9 Å². The predicted molar refractivity (Wildman–Crippen MR) is 139 cm³/mol. The maximum atomic E-state index is 13.6. The molecule has 2 aliphatic rings. The molecule has 0 atom stereocenters. The van der Waals surface area contributed by atoms with Crippen molar-refractivity contribution in [2.45, 2.75) is 56.8 Å². The lowest BCUT2D eigenvalue weighted by atomic mass is 10.0. The van der Waals surface area contributed by atoms with Gasteiger partial charge in [-0.3, -0.25) is 9.59 Å². The van der Waals surface area contributed by atoms with Crippen molar-refractivity contribution in [2.75, 3.05) is 30.9 Å². The van der Waals surface area contributed by atoms with Gasteiger partial charge < -0.3 is 20.1 Å². The highest BCUT2D eigenvalue weighted by atomic mass is 19.4. The fourth-order valence-corrected chi connectivity index (χ4v) is 5.85. The number of H-pyrrole nitrogens is 1. The van der Waals surface area contributed by atoms with Gasteiger partial charge >= 0.3 is 6.18 Å². The van der Waals surface area contributed by atoms with E-state index in [-0.39, 0.29) is 11.1 Å². The predicted octanol–water partition coefficient (Wildman–Crippen LogP) is 5.42. The molecule has 0 unspecified atom stereocenters. The van der Waals surface area contributed by atoms with Crippen molar-refractivity contribution < 1.29 is 18.0 Å². The van der Waals surface area contributed by atoms with Crippen LogP contribution in [0.25, 0.3) is 10.9 Å². The number of carbonyl (C=O) groups excluding carboxylic acids is 1. The fraction of sp³-hybridized carbons (Fsp3) is 0.429. The molecule has 2 N–H and O–H groups in total. The zero-order valence-corrected chi connectivity index (χ0v) is 21.0. The number of nitrogens with one attached hydrogen (secondary N) is 2. The van der Waals surface area contributed by atoms with Gasteiger partial charge in [-0.25, -0.2) is 0 Å². The summed E-state index contributed by atoms with van der Waals surface area (Å²) in [4.78, 5) is 33.5. The molecular formula is C28H31F3N4O2. The van der Waals surface area contributed by atoms with Crippen LogP contribution in [0.1, 0.15) is 53.6 Å². The average Bonchev–Trinajstić information content (AvgIpc) is 3.45. The van der Waals surface area contributed by atoms with E-state index in [2.05, 4.69) is 26.2 Å². The quantitative estimate of drug-likeness (QED) is 0.443. The molecule has 2 bridgehead atoms. The van der Waals surface area contributed by atoms with E-state index in [1.807, 2.05) is 26.2 Å². The number of nitrogens with zero attached hydrogens (tertiary/aromatic N) is 2. The van der Waals surface area contributed by atoms with Crippen LogP contribution >= 0.6 is 0 Å². The first kappa shape index (κ1) is 25.3. The van der Waals surface area contributed by atoms with Crippen LogP contribution in [0.4, 0.5) is 24.5 Å². The summed E-state index contributed by atoms with van der Waals surface area (Å²) in [6.45, 7) is 0.872. The Morgan fingerprint density at radius 1 is 1.11 bits per heavy atom. The molecule has 1 aromatic heterocycles. The van der Waals surface area contributed by atoms with Crippen LogP contribution in [0.2, 0.25) is 0 Å². The number of aryl methyl sites for hydroxylation is 1. The molecule has 196 valence electrons. The highest BCUT2D eigenvalue weighted by Gasteiger charge is 2.39. The highest BCUT2D eigenvalue weighted by molar-refractivity contribution is 6.06. The standard InChI is InChI=1S/C28H31F3N4O2/c1-34(2)14-4-5-17-15-20(35-18-8-9-19(35)11-10-18)12-13-23(17)33-27(37)21-16-32-24-7-3-6-22(28(29,30)31)25(24)26(21)36/h3,6-7,12-13,15-16,18-19H,4-5,8-11,14H2,1-2H3,(H,32,36)(H,33,37). The van der Waals surface area contributed by atoms with Gasteiger partial charge in [0.25, 0.3) is 5.91 Å². The van der Waals surface area contributed by atoms with Gasteiger partial charge in [0, 0.05) is 35.2 Å². The van der Waals surface area contributed by atoms with Crippen LogP contribution in [0.5, 0.6) is 0 Å². The van der Waals surface area contributed by atoms with E-state index < -0.39 is 28.5 Å². The Balaban J connectivity index is 1.47. The minimum absolute atomic E-state index is 0.0327. The van der Waals surface area contributed by atoms with Crippen LogP contribution in [-0.2, 0) is 12.6 Å². The molecule has 9 heteroatoms. The molecule has 2 fully saturated rings. The SMILES string of the molecule is CN(C)CCCc1cc(N2C3CCC2CC3)ccc1NC(=O)c1c[nH]c2cccc(C(F)(F)F)c2c1=O. The third-order valence-corrected chi connectivity index (χ3v) is 7.60. The van der Waals surface area contributed by atoms with Gasteiger partial charge in [-0.1, -0.05) is 6.07 Å². The van der Waals surface area contributed by atoms with Crippen molar-refractivity contribution in [2.24, 2.45) is 0 Å². The van der Waals surface area contributed by atoms with Crippen molar-refractivity contribution in [1.82, 2.24) is 9.88 Å².